The number of rotatable bonds is 2. The van der Waals surface area contributed by atoms with Crippen molar-refractivity contribution in [3.05, 3.63) is 47.4 Å². The molecule has 1 unspecified atom stereocenters. The number of hydrogen-bond donors (Lipinski definition) is 2. The van der Waals surface area contributed by atoms with Gasteiger partial charge in [-0.3, -0.25) is 0 Å². The van der Waals surface area contributed by atoms with E-state index in [0.29, 0.717) is 6.04 Å². The van der Waals surface area contributed by atoms with Gasteiger partial charge in [-0.25, -0.2) is 9.97 Å². The molecule has 1 atom stereocenters. The highest BCUT2D eigenvalue weighted by Gasteiger charge is 2.20. The van der Waals surface area contributed by atoms with E-state index in [9.17, 15) is 0 Å². The number of nitrogens with zero attached hydrogens (tertiary/aromatic N) is 2. The fourth-order valence-electron chi connectivity index (χ4n) is 2.70. The average molecular weight is 254 g/mol. The minimum Gasteiger partial charge on any atom is -0.399 e. The van der Waals surface area contributed by atoms with E-state index in [-0.39, 0.29) is 0 Å². The number of nitrogen functional groups attached to an aromatic ring is 1. The summed E-state index contributed by atoms with van der Waals surface area (Å²) in [5.41, 5.74) is 10.4. The van der Waals surface area contributed by atoms with E-state index in [1.807, 2.05) is 19.1 Å². The van der Waals surface area contributed by atoms with Crippen molar-refractivity contribution < 1.29 is 0 Å². The van der Waals surface area contributed by atoms with Gasteiger partial charge in [0.1, 0.15) is 12.1 Å². The molecule has 3 rings (SSSR count). The number of benzene rings is 1. The molecule has 0 aliphatic heterocycles. The molecule has 3 N–H and O–H groups in total. The molecule has 0 spiro atoms. The molecule has 0 radical (unpaired) electrons. The maximum absolute atomic E-state index is 5.86. The third kappa shape index (κ3) is 2.52. The summed E-state index contributed by atoms with van der Waals surface area (Å²) >= 11 is 0. The van der Waals surface area contributed by atoms with Crippen LogP contribution in [0.4, 0.5) is 11.5 Å². The van der Waals surface area contributed by atoms with E-state index >= 15 is 0 Å². The van der Waals surface area contributed by atoms with Crippen LogP contribution in [0.2, 0.25) is 0 Å². The minimum absolute atomic E-state index is 0.318. The summed E-state index contributed by atoms with van der Waals surface area (Å²) in [6.07, 6.45) is 5.02. The lowest BCUT2D eigenvalue weighted by molar-refractivity contribution is 0.598. The monoisotopic (exact) mass is 254 g/mol. The van der Waals surface area contributed by atoms with E-state index in [1.54, 1.807) is 6.33 Å². The second-order valence-electron chi connectivity index (χ2n) is 5.09. The van der Waals surface area contributed by atoms with Crippen molar-refractivity contribution in [2.75, 3.05) is 11.1 Å². The van der Waals surface area contributed by atoms with Crippen LogP contribution in [0.15, 0.2) is 30.6 Å². The Morgan fingerprint density at radius 2 is 2.16 bits per heavy atom. The van der Waals surface area contributed by atoms with E-state index < -0.39 is 0 Å². The van der Waals surface area contributed by atoms with Crippen LogP contribution >= 0.6 is 0 Å². The molecule has 4 heteroatoms. The third-order valence-corrected chi connectivity index (χ3v) is 3.61. The number of aromatic nitrogens is 2. The molecule has 4 nitrogen and oxygen atoms in total. The molecule has 0 bridgehead atoms. The molecule has 19 heavy (non-hydrogen) atoms. The molecular formula is C15H18N4. The van der Waals surface area contributed by atoms with Gasteiger partial charge >= 0.3 is 0 Å². The summed E-state index contributed by atoms with van der Waals surface area (Å²) in [6.45, 7) is 1.97. The zero-order valence-electron chi connectivity index (χ0n) is 11.1. The first-order valence-corrected chi connectivity index (χ1v) is 6.66. The Labute approximate surface area is 113 Å². The van der Waals surface area contributed by atoms with Crippen LogP contribution in [-0.4, -0.2) is 9.97 Å². The standard InChI is InChI=1S/C15H18N4/c1-10-7-15(18-9-17-10)19-14-4-2-3-11-8-12(16)5-6-13(11)14/h5-9,14H,2-4,16H2,1H3,(H,17,18,19). The summed E-state index contributed by atoms with van der Waals surface area (Å²) in [7, 11) is 0. The van der Waals surface area contributed by atoms with Crippen LogP contribution in [0.1, 0.15) is 35.7 Å². The molecule has 98 valence electrons. The first-order valence-electron chi connectivity index (χ1n) is 6.66. The Hall–Kier alpha value is -2.10. The molecule has 1 aliphatic carbocycles. The van der Waals surface area contributed by atoms with Crippen LogP contribution in [-0.2, 0) is 6.42 Å². The number of aryl methyl sites for hydroxylation is 2. The van der Waals surface area contributed by atoms with Gasteiger partial charge in [-0.15, -0.1) is 0 Å². The summed E-state index contributed by atoms with van der Waals surface area (Å²) in [6, 6.07) is 8.50. The summed E-state index contributed by atoms with van der Waals surface area (Å²) in [5, 5.41) is 3.51. The van der Waals surface area contributed by atoms with Gasteiger partial charge in [-0.1, -0.05) is 6.07 Å². The van der Waals surface area contributed by atoms with Crippen molar-refractivity contribution in [1.82, 2.24) is 9.97 Å². The van der Waals surface area contributed by atoms with E-state index in [2.05, 4.69) is 27.4 Å². The summed E-state index contributed by atoms with van der Waals surface area (Å²) in [5.74, 6) is 0.891. The van der Waals surface area contributed by atoms with Crippen LogP contribution in [0.5, 0.6) is 0 Å². The fourth-order valence-corrected chi connectivity index (χ4v) is 2.70. The zero-order valence-corrected chi connectivity index (χ0v) is 11.1. The fraction of sp³-hybridized carbons (Fsp3) is 0.333. The summed E-state index contributed by atoms with van der Waals surface area (Å²) in [4.78, 5) is 8.40. The maximum atomic E-state index is 5.86. The molecule has 1 aliphatic rings. The van der Waals surface area contributed by atoms with Gasteiger partial charge in [0, 0.05) is 17.4 Å². The highest BCUT2D eigenvalue weighted by Crippen LogP contribution is 2.33. The van der Waals surface area contributed by atoms with Crippen molar-refractivity contribution in [3.63, 3.8) is 0 Å². The Morgan fingerprint density at radius 3 is 3.00 bits per heavy atom. The van der Waals surface area contributed by atoms with Crippen molar-refractivity contribution >= 4 is 11.5 Å². The summed E-state index contributed by atoms with van der Waals surface area (Å²) < 4.78 is 0. The first-order chi connectivity index (χ1) is 9.22. The molecule has 0 amide bonds. The minimum atomic E-state index is 0.318. The highest BCUT2D eigenvalue weighted by molar-refractivity contribution is 5.49. The molecular weight excluding hydrogens is 236 g/mol. The average Bonchev–Trinajstić information content (AvgIpc) is 2.38. The Bertz CT molecular complexity index is 594. The lowest BCUT2D eigenvalue weighted by Crippen LogP contribution is -2.18. The lowest BCUT2D eigenvalue weighted by atomic mass is 9.87. The van der Waals surface area contributed by atoms with E-state index in [4.69, 9.17) is 5.73 Å². The predicted octanol–water partition coefficient (Wildman–Crippen LogP) is 2.86. The van der Waals surface area contributed by atoms with Crippen LogP contribution < -0.4 is 11.1 Å². The third-order valence-electron chi connectivity index (χ3n) is 3.61. The van der Waals surface area contributed by atoms with Gasteiger partial charge in [0.25, 0.3) is 0 Å². The number of fused-ring (bicyclic) bond motifs is 1. The normalized spacial score (nSPS) is 17.8. The number of nitrogens with one attached hydrogen (secondary N) is 1. The second kappa shape index (κ2) is 4.88. The quantitative estimate of drug-likeness (QED) is 0.809. The predicted molar refractivity (Wildman–Crippen MR) is 76.9 cm³/mol. The van der Waals surface area contributed by atoms with Gasteiger partial charge in [0.2, 0.25) is 0 Å². The largest absolute Gasteiger partial charge is 0.399 e. The molecule has 2 aromatic rings. The zero-order chi connectivity index (χ0) is 13.2. The highest BCUT2D eigenvalue weighted by atomic mass is 15.0. The molecule has 0 saturated carbocycles. The van der Waals surface area contributed by atoms with Crippen molar-refractivity contribution in [3.8, 4) is 0 Å². The Kier molecular flexibility index (Phi) is 3.07. The van der Waals surface area contributed by atoms with Crippen LogP contribution in [0.3, 0.4) is 0 Å². The van der Waals surface area contributed by atoms with Gasteiger partial charge in [0.05, 0.1) is 6.04 Å². The maximum Gasteiger partial charge on any atom is 0.130 e. The Balaban J connectivity index is 1.87. The van der Waals surface area contributed by atoms with Crippen LogP contribution in [0, 0.1) is 6.92 Å². The molecule has 0 fully saturated rings. The van der Waals surface area contributed by atoms with Gasteiger partial charge < -0.3 is 11.1 Å². The van der Waals surface area contributed by atoms with Gasteiger partial charge in [-0.05, 0) is 49.4 Å². The van der Waals surface area contributed by atoms with Crippen LogP contribution in [0.25, 0.3) is 0 Å². The molecule has 1 aromatic heterocycles. The SMILES string of the molecule is Cc1cc(NC2CCCc3cc(N)ccc32)ncn1. The van der Waals surface area contributed by atoms with Gasteiger partial charge in [-0.2, -0.15) is 0 Å². The number of anilines is 2. The first kappa shape index (κ1) is 12.0. The molecule has 0 saturated heterocycles. The smallest absolute Gasteiger partial charge is 0.130 e. The second-order valence-corrected chi connectivity index (χ2v) is 5.09. The van der Waals surface area contributed by atoms with E-state index in [0.717, 1.165) is 30.0 Å². The topological polar surface area (TPSA) is 63.8 Å². The lowest BCUT2D eigenvalue weighted by Gasteiger charge is -2.27. The van der Waals surface area contributed by atoms with Crippen molar-refractivity contribution in [2.45, 2.75) is 32.2 Å². The number of hydrogen-bond acceptors (Lipinski definition) is 4. The van der Waals surface area contributed by atoms with Crippen molar-refractivity contribution in [1.29, 1.82) is 0 Å². The molecule has 1 aromatic carbocycles. The molecule has 1 heterocycles. The van der Waals surface area contributed by atoms with Gasteiger partial charge in [0.15, 0.2) is 0 Å². The Morgan fingerprint density at radius 1 is 1.26 bits per heavy atom. The number of nitrogens with two attached hydrogens (primary N) is 1. The van der Waals surface area contributed by atoms with Crippen molar-refractivity contribution in [2.24, 2.45) is 0 Å². The van der Waals surface area contributed by atoms with E-state index in [1.165, 1.54) is 17.5 Å².